The molecule has 1 fully saturated rings. The molecule has 1 aliphatic rings. The van der Waals surface area contributed by atoms with Crippen LogP contribution < -0.4 is 0 Å². The van der Waals surface area contributed by atoms with Crippen LogP contribution in [-0.2, 0) is 4.79 Å². The van der Waals surface area contributed by atoms with E-state index in [9.17, 15) is 9.59 Å². The molecule has 32 heavy (non-hydrogen) atoms. The molecule has 0 aromatic heterocycles. The molecule has 1 aliphatic carbocycles. The molecule has 0 spiro atoms. The predicted molar refractivity (Wildman–Crippen MR) is 134 cm³/mol. The highest BCUT2D eigenvalue weighted by molar-refractivity contribution is 6.08. The number of hydrogen-bond donors (Lipinski definition) is 0. The summed E-state index contributed by atoms with van der Waals surface area (Å²) in [5.74, 6) is 1.60. The lowest BCUT2D eigenvalue weighted by molar-refractivity contribution is -0.118. The van der Waals surface area contributed by atoms with Gasteiger partial charge < -0.3 is 0 Å². The quantitative estimate of drug-likeness (QED) is 0.191. The maximum Gasteiger partial charge on any atom is 0.170 e. The van der Waals surface area contributed by atoms with Crippen molar-refractivity contribution in [2.45, 2.75) is 96.8 Å². The van der Waals surface area contributed by atoms with E-state index in [1.807, 2.05) is 31.2 Å². The number of unbranched alkanes of at least 4 members (excludes halogenated alkanes) is 3. The van der Waals surface area contributed by atoms with Crippen molar-refractivity contribution >= 4 is 11.6 Å². The summed E-state index contributed by atoms with van der Waals surface area (Å²) in [6.07, 6.45) is 13.7. The number of hydrogen-bond acceptors (Lipinski definition) is 2. The third-order valence-electron chi connectivity index (χ3n) is 7.12. The van der Waals surface area contributed by atoms with Crippen LogP contribution in [0.15, 0.2) is 48.5 Å². The minimum atomic E-state index is -0.0775. The molecule has 0 unspecified atom stereocenters. The topological polar surface area (TPSA) is 34.1 Å². The van der Waals surface area contributed by atoms with Gasteiger partial charge >= 0.3 is 0 Å². The van der Waals surface area contributed by atoms with Gasteiger partial charge in [0.2, 0.25) is 0 Å². The van der Waals surface area contributed by atoms with Crippen LogP contribution in [0.3, 0.4) is 0 Å². The maximum atomic E-state index is 12.3. The van der Waals surface area contributed by atoms with Gasteiger partial charge in [0, 0.05) is 12.0 Å². The molecule has 172 valence electrons. The molecule has 2 nitrogen and oxygen atoms in total. The Labute approximate surface area is 194 Å². The van der Waals surface area contributed by atoms with E-state index in [2.05, 4.69) is 31.2 Å². The number of rotatable bonds is 12. The van der Waals surface area contributed by atoms with E-state index in [0.29, 0.717) is 17.9 Å². The fourth-order valence-electron chi connectivity index (χ4n) is 5.09. The zero-order valence-corrected chi connectivity index (χ0v) is 20.1. The van der Waals surface area contributed by atoms with E-state index >= 15 is 0 Å². The smallest absolute Gasteiger partial charge is 0.170 e. The first-order chi connectivity index (χ1) is 15.6. The Morgan fingerprint density at radius 2 is 1.38 bits per heavy atom. The molecule has 0 aliphatic heterocycles. The number of carbonyl (C=O) groups excluding carboxylic acids is 2. The lowest BCUT2D eigenvalue weighted by atomic mass is 9.77. The van der Waals surface area contributed by atoms with Gasteiger partial charge in [0.15, 0.2) is 5.78 Å². The van der Waals surface area contributed by atoms with E-state index in [0.717, 1.165) is 17.9 Å². The van der Waals surface area contributed by atoms with Crippen molar-refractivity contribution in [2.75, 3.05) is 0 Å². The zero-order valence-electron chi connectivity index (χ0n) is 20.1. The van der Waals surface area contributed by atoms with E-state index in [-0.39, 0.29) is 18.0 Å². The van der Waals surface area contributed by atoms with Gasteiger partial charge in [-0.15, -0.1) is 0 Å². The monoisotopic (exact) mass is 432 g/mol. The summed E-state index contributed by atoms with van der Waals surface area (Å²) in [4.78, 5) is 24.0. The van der Waals surface area contributed by atoms with Crippen LogP contribution in [0.25, 0.3) is 11.1 Å². The summed E-state index contributed by atoms with van der Waals surface area (Å²) < 4.78 is 0. The van der Waals surface area contributed by atoms with Crippen LogP contribution >= 0.6 is 0 Å². The molecular weight excluding hydrogens is 392 g/mol. The molecule has 2 aromatic carbocycles. The first-order valence-corrected chi connectivity index (χ1v) is 12.9. The molecule has 0 saturated heterocycles. The Kier molecular flexibility index (Phi) is 9.71. The average molecular weight is 433 g/mol. The Bertz CT molecular complexity index is 839. The van der Waals surface area contributed by atoms with Crippen LogP contribution in [0, 0.1) is 5.92 Å². The molecule has 0 amide bonds. The summed E-state index contributed by atoms with van der Waals surface area (Å²) in [5.41, 5.74) is 4.39. The SMILES string of the molecule is CCCCCCC1CCC(c2ccc(-c3ccc(C(=O)CC(=O)CCC)cc3)cc2)CC1. The largest absolute Gasteiger partial charge is 0.299 e. The molecule has 2 aromatic rings. The van der Waals surface area contributed by atoms with Gasteiger partial charge in [-0.2, -0.15) is 0 Å². The highest BCUT2D eigenvalue weighted by atomic mass is 16.1. The molecule has 0 N–H and O–H groups in total. The molecule has 0 radical (unpaired) electrons. The van der Waals surface area contributed by atoms with Gasteiger partial charge in [0.25, 0.3) is 0 Å². The average Bonchev–Trinajstić information content (AvgIpc) is 2.83. The third-order valence-corrected chi connectivity index (χ3v) is 7.12. The van der Waals surface area contributed by atoms with Gasteiger partial charge in [-0.3, -0.25) is 9.59 Å². The predicted octanol–water partition coefficient (Wildman–Crippen LogP) is 8.54. The molecule has 2 heteroatoms. The first kappa shape index (κ1) is 24.4. The summed E-state index contributed by atoms with van der Waals surface area (Å²) in [6, 6.07) is 16.7. The van der Waals surface area contributed by atoms with Crippen molar-refractivity contribution in [3.05, 3.63) is 59.7 Å². The molecule has 1 saturated carbocycles. The lowest BCUT2D eigenvalue weighted by Crippen LogP contribution is -2.13. The van der Waals surface area contributed by atoms with Gasteiger partial charge in [-0.1, -0.05) is 94.5 Å². The normalized spacial score (nSPS) is 18.4. The summed E-state index contributed by atoms with van der Waals surface area (Å²) in [5, 5.41) is 0. The first-order valence-electron chi connectivity index (χ1n) is 12.9. The second kappa shape index (κ2) is 12.7. The second-order valence-corrected chi connectivity index (χ2v) is 9.65. The number of Topliss-reactive ketones (excluding diaryl/α,β-unsaturated/α-hetero) is 2. The van der Waals surface area contributed by atoms with Gasteiger partial charge in [-0.25, -0.2) is 0 Å². The summed E-state index contributed by atoms with van der Waals surface area (Å²) in [7, 11) is 0. The number of ketones is 2. The third kappa shape index (κ3) is 7.15. The van der Waals surface area contributed by atoms with Crippen molar-refractivity contribution in [1.29, 1.82) is 0 Å². The van der Waals surface area contributed by atoms with Crippen LogP contribution in [-0.4, -0.2) is 11.6 Å². The van der Waals surface area contributed by atoms with Gasteiger partial charge in [-0.05, 0) is 60.6 Å². The Morgan fingerprint density at radius 1 is 0.750 bits per heavy atom. The lowest BCUT2D eigenvalue weighted by Gasteiger charge is -2.29. The van der Waals surface area contributed by atoms with E-state index in [4.69, 9.17) is 0 Å². The van der Waals surface area contributed by atoms with Crippen molar-refractivity contribution in [1.82, 2.24) is 0 Å². The van der Waals surface area contributed by atoms with Gasteiger partial charge in [0.05, 0.1) is 6.42 Å². The fraction of sp³-hybridized carbons (Fsp3) is 0.533. The highest BCUT2D eigenvalue weighted by Crippen LogP contribution is 2.38. The van der Waals surface area contributed by atoms with Crippen molar-refractivity contribution in [3.63, 3.8) is 0 Å². The zero-order chi connectivity index (χ0) is 22.8. The van der Waals surface area contributed by atoms with Crippen molar-refractivity contribution < 1.29 is 9.59 Å². The van der Waals surface area contributed by atoms with Crippen LogP contribution in [0.5, 0.6) is 0 Å². The molecule has 0 bridgehead atoms. The van der Waals surface area contributed by atoms with Crippen LogP contribution in [0.1, 0.15) is 113 Å². The van der Waals surface area contributed by atoms with E-state index < -0.39 is 0 Å². The van der Waals surface area contributed by atoms with Crippen LogP contribution in [0.2, 0.25) is 0 Å². The highest BCUT2D eigenvalue weighted by Gasteiger charge is 2.22. The molecular formula is C30H40O2. The summed E-state index contributed by atoms with van der Waals surface area (Å²) >= 11 is 0. The van der Waals surface area contributed by atoms with E-state index in [1.54, 1.807) is 0 Å². The van der Waals surface area contributed by atoms with Gasteiger partial charge in [0.1, 0.15) is 5.78 Å². The van der Waals surface area contributed by atoms with E-state index in [1.165, 1.54) is 68.9 Å². The minimum absolute atomic E-state index is 0.0167. The standard InChI is InChI=1S/C30H40O2/c1-3-5-6-7-9-23-10-12-24(13-11-23)25-14-16-26(17-15-25)27-18-20-28(21-19-27)30(32)22-29(31)8-4-2/h14-21,23-24H,3-13,22H2,1-2H3. The molecule has 0 heterocycles. The molecule has 3 rings (SSSR count). The number of benzene rings is 2. The van der Waals surface area contributed by atoms with Crippen molar-refractivity contribution in [2.24, 2.45) is 5.92 Å². The Morgan fingerprint density at radius 3 is 1.97 bits per heavy atom. The number of carbonyl (C=O) groups is 2. The van der Waals surface area contributed by atoms with Crippen molar-refractivity contribution in [3.8, 4) is 11.1 Å². The molecule has 0 atom stereocenters. The van der Waals surface area contributed by atoms with Crippen LogP contribution in [0.4, 0.5) is 0 Å². The second-order valence-electron chi connectivity index (χ2n) is 9.65. The fourth-order valence-corrected chi connectivity index (χ4v) is 5.09. The Balaban J connectivity index is 1.51. The maximum absolute atomic E-state index is 12.3. The summed E-state index contributed by atoms with van der Waals surface area (Å²) in [6.45, 7) is 4.24. The minimum Gasteiger partial charge on any atom is -0.299 e. The Hall–Kier alpha value is -2.22.